The van der Waals surface area contributed by atoms with Gasteiger partial charge in [-0.15, -0.1) is 0 Å². The van der Waals surface area contributed by atoms with Gasteiger partial charge in [0.15, 0.2) is 0 Å². The maximum atomic E-state index is 11.2. The van der Waals surface area contributed by atoms with E-state index in [-0.39, 0.29) is 17.2 Å². The van der Waals surface area contributed by atoms with E-state index < -0.39 is 5.97 Å². The van der Waals surface area contributed by atoms with Crippen molar-refractivity contribution in [2.24, 2.45) is 0 Å². The molecule has 0 radical (unpaired) electrons. The second-order valence-electron chi connectivity index (χ2n) is 4.71. The molecule has 0 bridgehead atoms. The van der Waals surface area contributed by atoms with Crippen LogP contribution in [0.25, 0.3) is 0 Å². The molecule has 0 spiro atoms. The zero-order valence-corrected chi connectivity index (χ0v) is 12.0. The van der Waals surface area contributed by atoms with Gasteiger partial charge < -0.3 is 14.6 Å². The molecule has 2 aromatic rings. The van der Waals surface area contributed by atoms with Gasteiger partial charge in [0.05, 0.1) is 12.8 Å². The van der Waals surface area contributed by atoms with Crippen LogP contribution in [0, 0.1) is 0 Å². The van der Waals surface area contributed by atoms with Gasteiger partial charge >= 0.3 is 5.97 Å². The molecule has 6 heteroatoms. The fourth-order valence-electron chi connectivity index (χ4n) is 1.73. The Hall–Kier alpha value is -2.63. The smallest absolute Gasteiger partial charge is 0.339 e. The number of carboxylic acids is 1. The van der Waals surface area contributed by atoms with E-state index in [1.165, 1.54) is 25.6 Å². The van der Waals surface area contributed by atoms with Gasteiger partial charge in [-0.2, -0.15) is 0 Å². The Bertz CT molecular complexity index is 656. The summed E-state index contributed by atoms with van der Waals surface area (Å²) in [7, 11) is 1.50. The number of carboxylic acid groups (broad SMARTS) is 1. The SMILES string of the molecule is COc1ccc(C(=O)O)c(Oc2cc(C(C)C)ncn2)c1. The maximum absolute atomic E-state index is 11.2. The van der Waals surface area contributed by atoms with Crippen molar-refractivity contribution in [2.45, 2.75) is 19.8 Å². The standard InChI is InChI=1S/C15H16N2O4/c1-9(2)12-7-14(17-8-16-12)21-13-6-10(20-3)4-5-11(13)15(18)19/h4-9H,1-3H3,(H,18,19). The number of carbonyl (C=O) groups is 1. The van der Waals surface area contributed by atoms with E-state index in [0.717, 1.165) is 5.69 Å². The first-order valence-corrected chi connectivity index (χ1v) is 6.42. The van der Waals surface area contributed by atoms with E-state index >= 15 is 0 Å². The van der Waals surface area contributed by atoms with E-state index in [2.05, 4.69) is 9.97 Å². The molecule has 0 unspecified atom stereocenters. The highest BCUT2D eigenvalue weighted by atomic mass is 16.5. The van der Waals surface area contributed by atoms with Crippen LogP contribution in [0.2, 0.25) is 0 Å². The summed E-state index contributed by atoms with van der Waals surface area (Å²) in [6.45, 7) is 4.00. The molecule has 6 nitrogen and oxygen atoms in total. The van der Waals surface area contributed by atoms with Crippen LogP contribution in [0.3, 0.4) is 0 Å². The summed E-state index contributed by atoms with van der Waals surface area (Å²) in [6.07, 6.45) is 1.39. The van der Waals surface area contributed by atoms with E-state index in [1.807, 2.05) is 13.8 Å². The van der Waals surface area contributed by atoms with Gasteiger partial charge in [0.1, 0.15) is 23.4 Å². The van der Waals surface area contributed by atoms with E-state index in [9.17, 15) is 9.90 Å². The molecule has 0 fully saturated rings. The molecule has 1 aromatic carbocycles. The first-order valence-electron chi connectivity index (χ1n) is 6.42. The number of methoxy groups -OCH3 is 1. The Morgan fingerprint density at radius 3 is 2.62 bits per heavy atom. The topological polar surface area (TPSA) is 81.5 Å². The van der Waals surface area contributed by atoms with Crippen LogP contribution < -0.4 is 9.47 Å². The summed E-state index contributed by atoms with van der Waals surface area (Å²) in [5, 5.41) is 9.20. The monoisotopic (exact) mass is 288 g/mol. The Labute approximate surface area is 122 Å². The molecule has 2 rings (SSSR count). The predicted octanol–water partition coefficient (Wildman–Crippen LogP) is 3.10. The summed E-state index contributed by atoms with van der Waals surface area (Å²) in [6, 6.07) is 6.20. The highest BCUT2D eigenvalue weighted by Crippen LogP contribution is 2.29. The lowest BCUT2D eigenvalue weighted by Gasteiger charge is -2.11. The molecule has 0 amide bonds. The van der Waals surface area contributed by atoms with Gasteiger partial charge in [0, 0.05) is 12.1 Å². The Kier molecular flexibility index (Phi) is 4.37. The van der Waals surface area contributed by atoms with Crippen LogP contribution in [-0.2, 0) is 0 Å². The van der Waals surface area contributed by atoms with Crippen LogP contribution in [0.15, 0.2) is 30.6 Å². The quantitative estimate of drug-likeness (QED) is 0.910. The van der Waals surface area contributed by atoms with Gasteiger partial charge in [0.25, 0.3) is 0 Å². The zero-order valence-electron chi connectivity index (χ0n) is 12.0. The molecule has 1 aromatic heterocycles. The van der Waals surface area contributed by atoms with Crippen molar-refractivity contribution in [3.63, 3.8) is 0 Å². The van der Waals surface area contributed by atoms with Crippen molar-refractivity contribution in [1.29, 1.82) is 0 Å². The Morgan fingerprint density at radius 1 is 1.24 bits per heavy atom. The molecule has 0 saturated heterocycles. The number of aromatic carboxylic acids is 1. The van der Waals surface area contributed by atoms with Gasteiger partial charge in [-0.05, 0) is 18.1 Å². The van der Waals surface area contributed by atoms with Gasteiger partial charge in [0.2, 0.25) is 5.88 Å². The number of hydrogen-bond acceptors (Lipinski definition) is 5. The normalized spacial score (nSPS) is 10.5. The molecule has 1 heterocycles. The number of aromatic nitrogens is 2. The van der Waals surface area contributed by atoms with Crippen LogP contribution >= 0.6 is 0 Å². The maximum Gasteiger partial charge on any atom is 0.339 e. The molecule has 1 N–H and O–H groups in total. The number of rotatable bonds is 5. The van der Waals surface area contributed by atoms with Gasteiger partial charge in [-0.1, -0.05) is 13.8 Å². The van der Waals surface area contributed by atoms with E-state index in [4.69, 9.17) is 9.47 Å². The minimum absolute atomic E-state index is 0.0421. The summed E-state index contributed by atoms with van der Waals surface area (Å²) in [5.74, 6) is 0.123. The lowest BCUT2D eigenvalue weighted by atomic mass is 10.1. The summed E-state index contributed by atoms with van der Waals surface area (Å²) in [5.41, 5.74) is 0.861. The molecule has 0 aliphatic carbocycles. The first-order chi connectivity index (χ1) is 10.0. The third-order valence-electron chi connectivity index (χ3n) is 2.89. The number of nitrogens with zero attached hydrogens (tertiary/aromatic N) is 2. The Balaban J connectivity index is 2.38. The van der Waals surface area contributed by atoms with Crippen molar-refractivity contribution < 1.29 is 19.4 Å². The van der Waals surface area contributed by atoms with Crippen molar-refractivity contribution in [2.75, 3.05) is 7.11 Å². The van der Waals surface area contributed by atoms with Crippen LogP contribution in [0.5, 0.6) is 17.4 Å². The molecular formula is C15H16N2O4. The third kappa shape index (κ3) is 3.47. The summed E-state index contributed by atoms with van der Waals surface area (Å²) >= 11 is 0. The number of hydrogen-bond donors (Lipinski definition) is 1. The predicted molar refractivity (Wildman–Crippen MR) is 76.1 cm³/mol. The molecule has 0 aliphatic rings. The lowest BCUT2D eigenvalue weighted by Crippen LogP contribution is -2.02. The summed E-state index contributed by atoms with van der Waals surface area (Å²) in [4.78, 5) is 19.4. The fraction of sp³-hybridized carbons (Fsp3) is 0.267. The van der Waals surface area contributed by atoms with Crippen LogP contribution in [0.4, 0.5) is 0 Å². The Morgan fingerprint density at radius 2 is 2.00 bits per heavy atom. The lowest BCUT2D eigenvalue weighted by molar-refractivity contribution is 0.0694. The largest absolute Gasteiger partial charge is 0.497 e. The van der Waals surface area contributed by atoms with Crippen molar-refractivity contribution in [3.8, 4) is 17.4 Å². The first kappa shape index (κ1) is 14.8. The van der Waals surface area contributed by atoms with Crippen LogP contribution in [0.1, 0.15) is 35.8 Å². The minimum Gasteiger partial charge on any atom is -0.497 e. The number of benzene rings is 1. The van der Waals surface area contributed by atoms with Crippen LogP contribution in [-0.4, -0.2) is 28.2 Å². The van der Waals surface area contributed by atoms with E-state index in [1.54, 1.807) is 12.1 Å². The highest BCUT2D eigenvalue weighted by molar-refractivity contribution is 5.91. The summed E-state index contributed by atoms with van der Waals surface area (Å²) < 4.78 is 10.7. The van der Waals surface area contributed by atoms with Crippen molar-refractivity contribution in [3.05, 3.63) is 41.9 Å². The van der Waals surface area contributed by atoms with Crippen molar-refractivity contribution >= 4 is 5.97 Å². The highest BCUT2D eigenvalue weighted by Gasteiger charge is 2.14. The van der Waals surface area contributed by atoms with Gasteiger partial charge in [-0.25, -0.2) is 14.8 Å². The second-order valence-corrected chi connectivity index (χ2v) is 4.71. The second kappa shape index (κ2) is 6.21. The number of ether oxygens (including phenoxy) is 2. The molecule has 110 valence electrons. The molecule has 0 saturated carbocycles. The molecular weight excluding hydrogens is 272 g/mol. The minimum atomic E-state index is -1.08. The average molecular weight is 288 g/mol. The zero-order chi connectivity index (χ0) is 15.4. The fourth-order valence-corrected chi connectivity index (χ4v) is 1.73. The average Bonchev–Trinajstić information content (AvgIpc) is 2.47. The molecule has 0 aliphatic heterocycles. The molecule has 21 heavy (non-hydrogen) atoms. The molecule has 0 atom stereocenters. The van der Waals surface area contributed by atoms with Gasteiger partial charge in [-0.3, -0.25) is 0 Å². The van der Waals surface area contributed by atoms with E-state index in [0.29, 0.717) is 11.6 Å². The van der Waals surface area contributed by atoms with Crippen molar-refractivity contribution in [1.82, 2.24) is 9.97 Å². The third-order valence-corrected chi connectivity index (χ3v) is 2.89.